The maximum atomic E-state index is 11.0. The van der Waals surface area contributed by atoms with Crippen molar-refractivity contribution in [1.82, 2.24) is 0 Å². The van der Waals surface area contributed by atoms with E-state index in [0.29, 0.717) is 0 Å². The predicted molar refractivity (Wildman–Crippen MR) is 63.2 cm³/mol. The first-order valence-electron chi connectivity index (χ1n) is 5.00. The third-order valence-electron chi connectivity index (χ3n) is 2.35. The molecule has 98 valence electrons. The molecule has 0 saturated carbocycles. The van der Waals surface area contributed by atoms with Crippen molar-refractivity contribution >= 4 is 23.5 Å². The van der Waals surface area contributed by atoms with E-state index in [-0.39, 0.29) is 16.1 Å². The van der Waals surface area contributed by atoms with Crippen LogP contribution in [-0.2, 0) is 4.79 Å². The highest BCUT2D eigenvalue weighted by Gasteiger charge is 2.27. The first-order chi connectivity index (χ1) is 8.34. The Morgan fingerprint density at radius 1 is 1.33 bits per heavy atom. The van der Waals surface area contributed by atoms with E-state index in [9.17, 15) is 19.8 Å². The van der Waals surface area contributed by atoms with Gasteiger partial charge in [-0.05, 0) is 12.1 Å². The maximum absolute atomic E-state index is 11.0. The Morgan fingerprint density at radius 3 is 2.44 bits per heavy atom. The fraction of sp³-hybridized carbons (Fsp3) is 0.273. The van der Waals surface area contributed by atoms with Crippen molar-refractivity contribution < 1.29 is 24.9 Å². The number of amides is 1. The first kappa shape index (κ1) is 14.4. The molecule has 5 N–H and O–H groups in total. The molecule has 2 atom stereocenters. The number of hydrogen-bond acceptors (Lipinski definition) is 4. The molecule has 1 amide bonds. The quantitative estimate of drug-likeness (QED) is 0.615. The molecular weight excluding hydrogens is 262 g/mol. The van der Waals surface area contributed by atoms with Gasteiger partial charge in [-0.15, -0.1) is 0 Å². The molecule has 0 spiro atoms. The van der Waals surface area contributed by atoms with Gasteiger partial charge in [-0.3, -0.25) is 4.79 Å². The van der Waals surface area contributed by atoms with E-state index in [1.165, 1.54) is 18.2 Å². The number of rotatable bonds is 5. The van der Waals surface area contributed by atoms with Crippen LogP contribution in [0.4, 0.5) is 0 Å². The van der Waals surface area contributed by atoms with Gasteiger partial charge < -0.3 is 21.1 Å². The molecule has 0 aliphatic heterocycles. The Hall–Kier alpha value is -1.63. The van der Waals surface area contributed by atoms with E-state index in [0.717, 1.165) is 0 Å². The molecule has 0 fully saturated rings. The number of halogens is 1. The standard InChI is InChI=1S/C11H12ClNO5/c12-6-3-1-2-5(11(17)18)9(6)10(16)7(14)4-8(13)15/h1-3,7,10,14,16H,4H2,(H2,13,15)(H,17,18). The van der Waals surface area contributed by atoms with Crippen molar-refractivity contribution in [3.63, 3.8) is 0 Å². The van der Waals surface area contributed by atoms with E-state index >= 15 is 0 Å². The monoisotopic (exact) mass is 273 g/mol. The van der Waals surface area contributed by atoms with Gasteiger partial charge in [0.1, 0.15) is 6.10 Å². The summed E-state index contributed by atoms with van der Waals surface area (Å²) in [6.07, 6.45) is -3.61. The number of aliphatic hydroxyl groups excluding tert-OH is 2. The maximum Gasteiger partial charge on any atom is 0.336 e. The number of primary amides is 1. The fourth-order valence-electron chi connectivity index (χ4n) is 1.53. The van der Waals surface area contributed by atoms with Gasteiger partial charge in [-0.25, -0.2) is 4.79 Å². The minimum atomic E-state index is -1.60. The van der Waals surface area contributed by atoms with Crippen LogP contribution in [0.3, 0.4) is 0 Å². The third-order valence-corrected chi connectivity index (χ3v) is 2.68. The Bertz CT molecular complexity index is 477. The highest BCUT2D eigenvalue weighted by Crippen LogP contribution is 2.29. The summed E-state index contributed by atoms with van der Waals surface area (Å²) in [5.74, 6) is -2.11. The number of nitrogens with two attached hydrogens (primary N) is 1. The van der Waals surface area contributed by atoms with E-state index in [1.807, 2.05) is 0 Å². The Balaban J connectivity index is 3.15. The summed E-state index contributed by atoms with van der Waals surface area (Å²) in [5, 5.41) is 28.4. The summed E-state index contributed by atoms with van der Waals surface area (Å²) in [6.45, 7) is 0. The van der Waals surface area contributed by atoms with Gasteiger partial charge >= 0.3 is 5.97 Å². The average molecular weight is 274 g/mol. The molecule has 0 bridgehead atoms. The van der Waals surface area contributed by atoms with Crippen LogP contribution in [0.5, 0.6) is 0 Å². The number of carboxylic acid groups (broad SMARTS) is 1. The Labute approximate surface area is 108 Å². The van der Waals surface area contributed by atoms with E-state index < -0.39 is 30.5 Å². The minimum Gasteiger partial charge on any atom is -0.478 e. The van der Waals surface area contributed by atoms with Crippen LogP contribution < -0.4 is 5.73 Å². The molecule has 0 saturated heterocycles. The van der Waals surface area contributed by atoms with Crippen molar-refractivity contribution in [1.29, 1.82) is 0 Å². The van der Waals surface area contributed by atoms with Crippen LogP contribution in [0.1, 0.15) is 28.4 Å². The van der Waals surface area contributed by atoms with Crippen LogP contribution in [0, 0.1) is 0 Å². The normalized spacial score (nSPS) is 13.9. The van der Waals surface area contributed by atoms with Crippen LogP contribution >= 0.6 is 11.6 Å². The van der Waals surface area contributed by atoms with Gasteiger partial charge in [-0.2, -0.15) is 0 Å². The van der Waals surface area contributed by atoms with Gasteiger partial charge in [-0.1, -0.05) is 17.7 Å². The zero-order valence-electron chi connectivity index (χ0n) is 9.21. The van der Waals surface area contributed by atoms with E-state index in [2.05, 4.69) is 0 Å². The van der Waals surface area contributed by atoms with Crippen molar-refractivity contribution in [3.05, 3.63) is 34.3 Å². The van der Waals surface area contributed by atoms with Crippen LogP contribution in [0.2, 0.25) is 5.02 Å². The van der Waals surface area contributed by atoms with Crippen LogP contribution in [0.15, 0.2) is 18.2 Å². The molecule has 1 aromatic carbocycles. The minimum absolute atomic E-state index is 0.00841. The largest absolute Gasteiger partial charge is 0.478 e. The Kier molecular flexibility index (Phi) is 4.66. The highest BCUT2D eigenvalue weighted by atomic mass is 35.5. The van der Waals surface area contributed by atoms with Gasteiger partial charge in [0, 0.05) is 10.6 Å². The van der Waals surface area contributed by atoms with Gasteiger partial charge in [0.15, 0.2) is 0 Å². The van der Waals surface area contributed by atoms with Gasteiger partial charge in [0.05, 0.1) is 18.1 Å². The van der Waals surface area contributed by atoms with E-state index in [1.54, 1.807) is 0 Å². The lowest BCUT2D eigenvalue weighted by molar-refractivity contribution is -0.121. The lowest BCUT2D eigenvalue weighted by Crippen LogP contribution is -2.27. The molecule has 0 aliphatic rings. The number of aromatic carboxylic acids is 1. The first-order valence-corrected chi connectivity index (χ1v) is 5.38. The second-order valence-electron chi connectivity index (χ2n) is 3.69. The molecule has 0 heterocycles. The molecule has 6 nitrogen and oxygen atoms in total. The lowest BCUT2D eigenvalue weighted by atomic mass is 9.97. The zero-order chi connectivity index (χ0) is 13.9. The summed E-state index contributed by atoms with van der Waals surface area (Å²) < 4.78 is 0. The van der Waals surface area contributed by atoms with Crippen molar-refractivity contribution in [2.75, 3.05) is 0 Å². The molecule has 0 aromatic heterocycles. The van der Waals surface area contributed by atoms with Crippen molar-refractivity contribution in [2.45, 2.75) is 18.6 Å². The van der Waals surface area contributed by atoms with Gasteiger partial charge in [0.25, 0.3) is 0 Å². The summed E-state index contributed by atoms with van der Waals surface area (Å²) >= 11 is 5.80. The van der Waals surface area contributed by atoms with E-state index in [4.69, 9.17) is 22.4 Å². The Morgan fingerprint density at radius 2 is 1.94 bits per heavy atom. The third kappa shape index (κ3) is 3.19. The van der Waals surface area contributed by atoms with Crippen molar-refractivity contribution in [3.8, 4) is 0 Å². The molecule has 2 unspecified atom stereocenters. The second-order valence-corrected chi connectivity index (χ2v) is 4.10. The van der Waals surface area contributed by atoms with Crippen LogP contribution in [-0.4, -0.2) is 33.3 Å². The topological polar surface area (TPSA) is 121 Å². The molecular formula is C11H12ClNO5. The fourth-order valence-corrected chi connectivity index (χ4v) is 1.82. The molecule has 0 aliphatic carbocycles. The average Bonchev–Trinajstić information content (AvgIpc) is 2.26. The van der Waals surface area contributed by atoms with Crippen molar-refractivity contribution in [2.24, 2.45) is 5.73 Å². The number of hydrogen-bond donors (Lipinski definition) is 4. The summed E-state index contributed by atoms with van der Waals surface area (Å²) in [7, 11) is 0. The number of carbonyl (C=O) groups is 2. The highest BCUT2D eigenvalue weighted by molar-refractivity contribution is 6.31. The number of carbonyl (C=O) groups excluding carboxylic acids is 1. The summed E-state index contributed by atoms with van der Waals surface area (Å²) in [5.41, 5.74) is 4.51. The SMILES string of the molecule is NC(=O)CC(O)C(O)c1c(Cl)cccc1C(=O)O. The van der Waals surface area contributed by atoms with Crippen LogP contribution in [0.25, 0.3) is 0 Å². The molecule has 1 aromatic rings. The number of carboxylic acids is 1. The van der Waals surface area contributed by atoms with Gasteiger partial charge in [0.2, 0.25) is 5.91 Å². The molecule has 1 rings (SSSR count). The summed E-state index contributed by atoms with van der Waals surface area (Å²) in [6, 6.07) is 4.02. The predicted octanol–water partition coefficient (Wildman–Crippen LogP) is 0.308. The smallest absolute Gasteiger partial charge is 0.336 e. The zero-order valence-corrected chi connectivity index (χ0v) is 9.96. The second kappa shape index (κ2) is 5.81. The number of benzene rings is 1. The molecule has 0 radical (unpaired) electrons. The number of aliphatic hydroxyl groups is 2. The lowest BCUT2D eigenvalue weighted by Gasteiger charge is -2.19. The molecule has 18 heavy (non-hydrogen) atoms. The molecule has 7 heteroatoms. The summed E-state index contributed by atoms with van der Waals surface area (Å²) in [4.78, 5) is 21.6.